The first-order valence-corrected chi connectivity index (χ1v) is 17.5. The summed E-state index contributed by atoms with van der Waals surface area (Å²) in [7, 11) is 0. The van der Waals surface area contributed by atoms with E-state index in [9.17, 15) is 4.79 Å². The van der Waals surface area contributed by atoms with Gasteiger partial charge in [-0.3, -0.25) is 4.79 Å². The maximum Gasteiger partial charge on any atom is 0.302 e. The van der Waals surface area contributed by atoms with E-state index in [-0.39, 0.29) is 12.6 Å². The van der Waals surface area contributed by atoms with Crippen molar-refractivity contribution in [1.82, 2.24) is 0 Å². The molecule has 0 heterocycles. The van der Waals surface area contributed by atoms with E-state index >= 15 is 0 Å². The smallest absolute Gasteiger partial charge is 0.302 e. The molecule has 0 unspecified atom stereocenters. The van der Waals surface area contributed by atoms with E-state index in [4.69, 9.17) is 42.6 Å². The third kappa shape index (κ3) is 41.1. The second kappa shape index (κ2) is 40.2. The molecule has 0 saturated heterocycles. The minimum atomic E-state index is -0.303. The molecule has 0 fully saturated rings. The average molecular weight is 637 g/mol. The molecular formula is C34H68O10. The second-order valence-corrected chi connectivity index (χ2v) is 10.8. The Balaban J connectivity index is 3.04. The van der Waals surface area contributed by atoms with Gasteiger partial charge >= 0.3 is 5.97 Å². The lowest BCUT2D eigenvalue weighted by Crippen LogP contribution is -2.15. The van der Waals surface area contributed by atoms with E-state index in [2.05, 4.69) is 6.92 Å². The Hall–Kier alpha value is -0.850. The van der Waals surface area contributed by atoms with Crippen molar-refractivity contribution in [3.05, 3.63) is 0 Å². The highest BCUT2D eigenvalue weighted by atomic mass is 16.6. The Morgan fingerprint density at radius 3 is 0.818 bits per heavy atom. The predicted molar refractivity (Wildman–Crippen MR) is 173 cm³/mol. The molecule has 0 aromatic rings. The summed E-state index contributed by atoms with van der Waals surface area (Å²) in [5.74, 6) is -0.303. The number of hydrogen-bond acceptors (Lipinski definition) is 10. The lowest BCUT2D eigenvalue weighted by molar-refractivity contribution is -0.142. The monoisotopic (exact) mass is 636 g/mol. The number of carbonyl (C=O) groups excluding carboxylic acids is 1. The molecule has 10 heteroatoms. The predicted octanol–water partition coefficient (Wildman–Crippen LogP) is 6.16. The molecule has 0 saturated carbocycles. The highest BCUT2D eigenvalue weighted by Crippen LogP contribution is 2.12. The van der Waals surface area contributed by atoms with Crippen molar-refractivity contribution >= 4 is 5.97 Å². The fraction of sp³-hybridized carbons (Fsp3) is 0.971. The van der Waals surface area contributed by atoms with Gasteiger partial charge in [-0.15, -0.1) is 0 Å². The fourth-order valence-corrected chi connectivity index (χ4v) is 4.28. The van der Waals surface area contributed by atoms with Gasteiger partial charge in [-0.2, -0.15) is 0 Å². The van der Waals surface area contributed by atoms with Crippen LogP contribution < -0.4 is 0 Å². The summed E-state index contributed by atoms with van der Waals surface area (Å²) in [6.07, 6.45) is 19.3. The summed E-state index contributed by atoms with van der Waals surface area (Å²) in [5.41, 5.74) is 0. The number of esters is 1. The first-order valence-electron chi connectivity index (χ1n) is 17.5. The first-order chi connectivity index (χ1) is 21.8. The summed E-state index contributed by atoms with van der Waals surface area (Å²) < 4.78 is 48.5. The molecular weight excluding hydrogens is 568 g/mol. The molecule has 44 heavy (non-hydrogen) atoms. The largest absolute Gasteiger partial charge is 0.463 e. The van der Waals surface area contributed by atoms with Crippen molar-refractivity contribution in [3.8, 4) is 0 Å². The van der Waals surface area contributed by atoms with Gasteiger partial charge in [0.1, 0.15) is 6.61 Å². The molecule has 0 aromatic heterocycles. The summed E-state index contributed by atoms with van der Waals surface area (Å²) in [6, 6.07) is 0. The maximum absolute atomic E-state index is 10.6. The molecule has 0 aliphatic carbocycles. The number of carbonyl (C=O) groups is 1. The quantitative estimate of drug-likeness (QED) is 0.0576. The van der Waals surface area contributed by atoms with Crippen LogP contribution in [0.5, 0.6) is 0 Å². The van der Waals surface area contributed by atoms with Crippen molar-refractivity contribution in [1.29, 1.82) is 0 Å². The van der Waals surface area contributed by atoms with Crippen LogP contribution in [0.1, 0.15) is 104 Å². The van der Waals surface area contributed by atoms with Crippen molar-refractivity contribution in [2.24, 2.45) is 0 Å². The molecule has 0 spiro atoms. The normalized spacial score (nSPS) is 11.4. The van der Waals surface area contributed by atoms with Gasteiger partial charge in [0.05, 0.1) is 99.1 Å². The highest BCUT2D eigenvalue weighted by Gasteiger charge is 1.97. The van der Waals surface area contributed by atoms with Crippen LogP contribution in [-0.4, -0.2) is 118 Å². The fourth-order valence-electron chi connectivity index (χ4n) is 4.28. The Bertz CT molecular complexity index is 538. The van der Waals surface area contributed by atoms with Crippen LogP contribution >= 0.6 is 0 Å². The van der Waals surface area contributed by atoms with Gasteiger partial charge in [-0.05, 0) is 6.42 Å². The van der Waals surface area contributed by atoms with Gasteiger partial charge in [0, 0.05) is 13.5 Å². The summed E-state index contributed by atoms with van der Waals surface area (Å²) in [5, 5.41) is 0. The Kier molecular flexibility index (Phi) is 39.4. The molecule has 0 aliphatic heterocycles. The third-order valence-corrected chi connectivity index (χ3v) is 6.78. The van der Waals surface area contributed by atoms with Gasteiger partial charge in [0.2, 0.25) is 0 Å². The molecule has 0 radical (unpaired) electrons. The molecule has 0 amide bonds. The van der Waals surface area contributed by atoms with Gasteiger partial charge < -0.3 is 42.6 Å². The molecule has 0 atom stereocenters. The van der Waals surface area contributed by atoms with Crippen LogP contribution in [0.3, 0.4) is 0 Å². The zero-order valence-corrected chi connectivity index (χ0v) is 28.5. The van der Waals surface area contributed by atoms with Crippen LogP contribution in [0.4, 0.5) is 0 Å². The molecule has 0 aliphatic rings. The topological polar surface area (TPSA) is 100 Å². The summed E-state index contributed by atoms with van der Waals surface area (Å²) in [4.78, 5) is 10.6. The van der Waals surface area contributed by atoms with E-state index in [1.165, 1.54) is 90.4 Å². The van der Waals surface area contributed by atoms with E-state index in [0.29, 0.717) is 99.1 Å². The highest BCUT2D eigenvalue weighted by molar-refractivity contribution is 5.65. The van der Waals surface area contributed by atoms with Crippen molar-refractivity contribution in [2.75, 3.05) is 112 Å². The number of hydrogen-bond donors (Lipinski definition) is 0. The molecule has 0 rings (SSSR count). The standard InChI is InChI=1S/C34H68O10/c1-3-4-5-6-7-8-9-10-11-12-13-14-15-16-17-36-18-19-37-20-21-38-22-23-39-24-25-40-26-27-41-28-29-42-30-31-43-32-33-44-34(2)35/h3-33H2,1-2H3. The zero-order valence-electron chi connectivity index (χ0n) is 28.5. The Labute approximate surface area is 269 Å². The number of rotatable bonds is 39. The minimum absolute atomic E-state index is 0.267. The third-order valence-electron chi connectivity index (χ3n) is 6.78. The van der Waals surface area contributed by atoms with Gasteiger partial charge in [0.15, 0.2) is 0 Å². The lowest BCUT2D eigenvalue weighted by Gasteiger charge is -2.09. The van der Waals surface area contributed by atoms with E-state index in [0.717, 1.165) is 13.0 Å². The van der Waals surface area contributed by atoms with E-state index < -0.39 is 0 Å². The van der Waals surface area contributed by atoms with Crippen molar-refractivity contribution in [2.45, 2.75) is 104 Å². The van der Waals surface area contributed by atoms with Crippen LogP contribution in [0, 0.1) is 0 Å². The lowest BCUT2D eigenvalue weighted by atomic mass is 10.0. The minimum Gasteiger partial charge on any atom is -0.463 e. The van der Waals surface area contributed by atoms with Crippen molar-refractivity contribution in [3.63, 3.8) is 0 Å². The molecule has 0 aromatic carbocycles. The van der Waals surface area contributed by atoms with E-state index in [1.54, 1.807) is 0 Å². The van der Waals surface area contributed by atoms with Crippen molar-refractivity contribution < 1.29 is 47.4 Å². The Morgan fingerprint density at radius 1 is 0.318 bits per heavy atom. The molecule has 264 valence electrons. The van der Waals surface area contributed by atoms with Crippen LogP contribution in [0.15, 0.2) is 0 Å². The van der Waals surface area contributed by atoms with Crippen LogP contribution in [-0.2, 0) is 47.4 Å². The maximum atomic E-state index is 10.6. The Morgan fingerprint density at radius 2 is 0.545 bits per heavy atom. The summed E-state index contributed by atoms with van der Waals surface area (Å²) >= 11 is 0. The molecule has 0 N–H and O–H groups in total. The second-order valence-electron chi connectivity index (χ2n) is 10.8. The summed E-state index contributed by atoms with van der Waals surface area (Å²) in [6.45, 7) is 12.6. The van der Waals surface area contributed by atoms with Gasteiger partial charge in [-0.25, -0.2) is 0 Å². The zero-order chi connectivity index (χ0) is 31.9. The van der Waals surface area contributed by atoms with Gasteiger partial charge in [-0.1, -0.05) is 90.4 Å². The molecule has 0 bridgehead atoms. The van der Waals surface area contributed by atoms with Crippen LogP contribution in [0.25, 0.3) is 0 Å². The van der Waals surface area contributed by atoms with Crippen LogP contribution in [0.2, 0.25) is 0 Å². The molecule has 10 nitrogen and oxygen atoms in total. The van der Waals surface area contributed by atoms with Gasteiger partial charge in [0.25, 0.3) is 0 Å². The average Bonchev–Trinajstić information content (AvgIpc) is 3.02. The van der Waals surface area contributed by atoms with E-state index in [1.807, 2.05) is 0 Å². The number of unbranched alkanes of at least 4 members (excludes halogenated alkanes) is 13. The first kappa shape index (κ1) is 43.1. The number of ether oxygens (including phenoxy) is 9. The SMILES string of the molecule is CCCCCCCCCCCCCCCCOCCOCCOCCOCCOCCOCCOCCOCCOC(C)=O.